The third-order valence-electron chi connectivity index (χ3n) is 6.30. The molecule has 1 aliphatic heterocycles. The molecule has 2 N–H and O–H groups in total. The number of hydrogen-bond donors (Lipinski definition) is 1. The normalized spacial score (nSPS) is 14.0. The second-order valence-corrected chi connectivity index (χ2v) is 9.64. The number of benzene rings is 4. The van der Waals surface area contributed by atoms with Gasteiger partial charge in [0.15, 0.2) is 5.75 Å². The van der Waals surface area contributed by atoms with E-state index in [1.54, 1.807) is 18.2 Å². The van der Waals surface area contributed by atoms with Gasteiger partial charge in [-0.25, -0.2) is 4.79 Å². The van der Waals surface area contributed by atoms with Crippen molar-refractivity contribution in [3.63, 3.8) is 0 Å². The average molecular weight is 573 g/mol. The van der Waals surface area contributed by atoms with Crippen LogP contribution in [0.1, 0.15) is 33.0 Å². The van der Waals surface area contributed by atoms with E-state index in [0.29, 0.717) is 23.7 Å². The van der Waals surface area contributed by atoms with E-state index in [1.807, 2.05) is 54.6 Å². The molecule has 40 heavy (non-hydrogen) atoms. The highest BCUT2D eigenvalue weighted by Crippen LogP contribution is 2.44. The topological polar surface area (TPSA) is 104 Å². The number of esters is 1. The number of carbonyl (C=O) groups is 1. The van der Waals surface area contributed by atoms with E-state index >= 15 is 0 Å². The molecule has 9 heteroatoms. The van der Waals surface area contributed by atoms with Crippen molar-refractivity contribution in [2.24, 2.45) is 5.73 Å². The molecule has 4 aromatic rings. The van der Waals surface area contributed by atoms with Crippen LogP contribution in [-0.4, -0.2) is 13.1 Å². The van der Waals surface area contributed by atoms with Crippen LogP contribution in [0.2, 0.25) is 10.0 Å². The summed E-state index contributed by atoms with van der Waals surface area (Å²) >= 11 is 12.3. The Hall–Kier alpha value is -4.64. The maximum absolute atomic E-state index is 12.8. The molecule has 0 fully saturated rings. The fourth-order valence-corrected chi connectivity index (χ4v) is 5.02. The number of carbonyl (C=O) groups excluding carboxylic acids is 1. The zero-order chi connectivity index (χ0) is 28.2. The summed E-state index contributed by atoms with van der Waals surface area (Å²) in [6.07, 6.45) is 0. The summed E-state index contributed by atoms with van der Waals surface area (Å²) in [4.78, 5) is 12.8. The standard InChI is InChI=1S/C31H22Cl2N2O5/c1-37-29-25(32)13-20(14-26(29)33)31(36)39-22-11-12-23-27(15-22)40-30(35)24(16-34)28(23)19-7-9-21(10-8-19)38-17-18-5-3-2-4-6-18/h2-15,28H,17,35H2,1H3. The van der Waals surface area contributed by atoms with Gasteiger partial charge in [0.2, 0.25) is 5.88 Å². The van der Waals surface area contributed by atoms with E-state index in [4.69, 9.17) is 47.9 Å². The summed E-state index contributed by atoms with van der Waals surface area (Å²) in [5.41, 5.74) is 9.13. The van der Waals surface area contributed by atoms with Crippen molar-refractivity contribution in [2.75, 3.05) is 7.11 Å². The summed E-state index contributed by atoms with van der Waals surface area (Å²) in [6.45, 7) is 0.438. The average Bonchev–Trinajstić information content (AvgIpc) is 2.96. The van der Waals surface area contributed by atoms with Crippen molar-refractivity contribution >= 4 is 29.2 Å². The van der Waals surface area contributed by atoms with E-state index in [2.05, 4.69) is 6.07 Å². The van der Waals surface area contributed by atoms with Gasteiger partial charge in [-0.1, -0.05) is 71.7 Å². The van der Waals surface area contributed by atoms with Gasteiger partial charge in [0, 0.05) is 11.6 Å². The van der Waals surface area contributed by atoms with E-state index in [-0.39, 0.29) is 38.6 Å². The van der Waals surface area contributed by atoms with Gasteiger partial charge in [0.1, 0.15) is 35.5 Å². The first-order valence-electron chi connectivity index (χ1n) is 12.1. The molecule has 1 aliphatic rings. The van der Waals surface area contributed by atoms with Gasteiger partial charge in [0.25, 0.3) is 0 Å². The number of hydrogen-bond acceptors (Lipinski definition) is 7. The van der Waals surface area contributed by atoms with Gasteiger partial charge in [-0.3, -0.25) is 0 Å². The van der Waals surface area contributed by atoms with Crippen LogP contribution in [0.4, 0.5) is 0 Å². The first kappa shape index (κ1) is 26.9. The van der Waals surface area contributed by atoms with Crippen molar-refractivity contribution in [1.29, 1.82) is 5.26 Å². The monoisotopic (exact) mass is 572 g/mol. The van der Waals surface area contributed by atoms with Crippen molar-refractivity contribution < 1.29 is 23.7 Å². The summed E-state index contributed by atoms with van der Waals surface area (Å²) in [7, 11) is 1.43. The number of nitrogens with two attached hydrogens (primary N) is 1. The van der Waals surface area contributed by atoms with E-state index < -0.39 is 11.9 Å². The number of fused-ring (bicyclic) bond motifs is 1. The molecule has 0 saturated heterocycles. The summed E-state index contributed by atoms with van der Waals surface area (Å²) in [6, 6.07) is 27.2. The number of nitrogens with zero attached hydrogens (tertiary/aromatic N) is 1. The van der Waals surface area contributed by atoms with Crippen LogP contribution in [0.25, 0.3) is 0 Å². The molecule has 0 bridgehead atoms. The second-order valence-electron chi connectivity index (χ2n) is 8.83. The van der Waals surface area contributed by atoms with Gasteiger partial charge < -0.3 is 24.7 Å². The number of methoxy groups -OCH3 is 1. The summed E-state index contributed by atoms with van der Waals surface area (Å²) in [5, 5.41) is 10.2. The molecule has 5 rings (SSSR count). The highest BCUT2D eigenvalue weighted by Gasteiger charge is 2.31. The van der Waals surface area contributed by atoms with Crippen LogP contribution in [-0.2, 0) is 6.61 Å². The number of ether oxygens (including phenoxy) is 4. The molecule has 0 aliphatic carbocycles. The number of nitriles is 1. The molecular formula is C31H22Cl2N2O5. The van der Waals surface area contributed by atoms with Crippen LogP contribution in [0.3, 0.4) is 0 Å². The van der Waals surface area contributed by atoms with Gasteiger partial charge >= 0.3 is 5.97 Å². The number of rotatable bonds is 7. The molecule has 0 amide bonds. The quantitative estimate of drug-likeness (QED) is 0.187. The van der Waals surface area contributed by atoms with Crippen LogP contribution in [0, 0.1) is 11.3 Å². The smallest absolute Gasteiger partial charge is 0.343 e. The Morgan fingerprint density at radius 1 is 0.975 bits per heavy atom. The van der Waals surface area contributed by atoms with Crippen molar-refractivity contribution in [3.05, 3.63) is 129 Å². The van der Waals surface area contributed by atoms with Gasteiger partial charge in [-0.05, 0) is 41.5 Å². The lowest BCUT2D eigenvalue weighted by Crippen LogP contribution is -2.21. The molecular weight excluding hydrogens is 551 g/mol. The third kappa shape index (κ3) is 5.55. The largest absolute Gasteiger partial charge is 0.494 e. The summed E-state index contributed by atoms with van der Waals surface area (Å²) in [5.74, 6) is 0.342. The zero-order valence-corrected chi connectivity index (χ0v) is 22.7. The lowest BCUT2D eigenvalue weighted by molar-refractivity contribution is 0.0734. The van der Waals surface area contributed by atoms with Crippen LogP contribution in [0.15, 0.2) is 96.4 Å². The van der Waals surface area contributed by atoms with Crippen molar-refractivity contribution in [1.82, 2.24) is 0 Å². The maximum atomic E-state index is 12.8. The zero-order valence-electron chi connectivity index (χ0n) is 21.2. The molecule has 0 spiro atoms. The number of allylic oxidation sites excluding steroid dienone is 1. The predicted octanol–water partition coefficient (Wildman–Crippen LogP) is 7.02. The fourth-order valence-electron chi connectivity index (χ4n) is 4.38. The van der Waals surface area contributed by atoms with Gasteiger partial charge in [-0.15, -0.1) is 0 Å². The van der Waals surface area contributed by atoms with E-state index in [0.717, 1.165) is 11.1 Å². The summed E-state index contributed by atoms with van der Waals surface area (Å²) < 4.78 is 22.3. The first-order chi connectivity index (χ1) is 19.4. The van der Waals surface area contributed by atoms with Crippen LogP contribution < -0.4 is 24.7 Å². The van der Waals surface area contributed by atoms with E-state index in [1.165, 1.54) is 19.2 Å². The minimum Gasteiger partial charge on any atom is -0.494 e. The Morgan fingerprint density at radius 2 is 1.65 bits per heavy atom. The third-order valence-corrected chi connectivity index (χ3v) is 6.86. The molecule has 7 nitrogen and oxygen atoms in total. The molecule has 1 atom stereocenters. The molecule has 0 radical (unpaired) electrons. The molecule has 200 valence electrons. The Kier molecular flexibility index (Phi) is 7.83. The number of halogens is 2. The Morgan fingerprint density at radius 3 is 2.30 bits per heavy atom. The lowest BCUT2D eigenvalue weighted by atomic mass is 9.83. The Balaban J connectivity index is 1.38. The highest BCUT2D eigenvalue weighted by atomic mass is 35.5. The molecule has 0 saturated carbocycles. The molecule has 0 aromatic heterocycles. The van der Waals surface area contributed by atoms with Crippen molar-refractivity contribution in [3.8, 4) is 29.1 Å². The van der Waals surface area contributed by atoms with Gasteiger partial charge in [0.05, 0.1) is 28.6 Å². The first-order valence-corrected chi connectivity index (χ1v) is 12.9. The predicted molar refractivity (Wildman–Crippen MR) is 151 cm³/mol. The molecule has 1 heterocycles. The van der Waals surface area contributed by atoms with Crippen LogP contribution in [0.5, 0.6) is 23.0 Å². The minimum atomic E-state index is -0.675. The Labute approximate surface area is 240 Å². The molecule has 1 unspecified atom stereocenters. The lowest BCUT2D eigenvalue weighted by Gasteiger charge is -2.27. The highest BCUT2D eigenvalue weighted by molar-refractivity contribution is 6.37. The fraction of sp³-hybridized carbons (Fsp3) is 0.0968. The van der Waals surface area contributed by atoms with E-state index in [9.17, 15) is 10.1 Å². The maximum Gasteiger partial charge on any atom is 0.343 e. The minimum absolute atomic E-state index is 0.0263. The Bertz CT molecular complexity index is 1620. The SMILES string of the molecule is COc1c(Cl)cc(C(=O)Oc2ccc3c(c2)OC(N)=C(C#N)C3c2ccc(OCc3ccccc3)cc2)cc1Cl. The van der Waals surface area contributed by atoms with Crippen LogP contribution >= 0.6 is 23.2 Å². The molecule has 4 aromatic carbocycles. The second kappa shape index (κ2) is 11.6. The van der Waals surface area contributed by atoms with Crippen molar-refractivity contribution in [2.45, 2.75) is 12.5 Å². The van der Waals surface area contributed by atoms with Gasteiger partial charge in [-0.2, -0.15) is 5.26 Å².